The fourth-order valence-electron chi connectivity index (χ4n) is 2.49. The van der Waals surface area contributed by atoms with E-state index in [4.69, 9.17) is 4.52 Å². The molecule has 2 aliphatic rings. The van der Waals surface area contributed by atoms with Gasteiger partial charge in [-0.05, 0) is 38.2 Å². The van der Waals surface area contributed by atoms with Gasteiger partial charge in [-0.3, -0.25) is 0 Å². The average Bonchev–Trinajstić information content (AvgIpc) is 2.84. The number of nitrogens with zero attached hydrogens (tertiary/aromatic N) is 2. The van der Waals surface area contributed by atoms with Crippen molar-refractivity contribution >= 4 is 0 Å². The second-order valence-electron chi connectivity index (χ2n) is 4.35. The van der Waals surface area contributed by atoms with Crippen LogP contribution < -0.4 is 0 Å². The predicted molar refractivity (Wildman–Crippen MR) is 56.4 cm³/mol. The molecule has 15 heavy (non-hydrogen) atoms. The molecule has 2 aliphatic carbocycles. The van der Waals surface area contributed by atoms with Crippen LogP contribution in [0.1, 0.15) is 43.3 Å². The summed E-state index contributed by atoms with van der Waals surface area (Å²) in [5, 5.41) is 3.86. The first kappa shape index (κ1) is 8.89. The van der Waals surface area contributed by atoms with Crippen LogP contribution in [0.15, 0.2) is 27.8 Å². The molecule has 0 N–H and O–H groups in total. The van der Waals surface area contributed by atoms with Gasteiger partial charge in [0.1, 0.15) is 0 Å². The number of hydrogen-bond acceptors (Lipinski definition) is 3. The van der Waals surface area contributed by atoms with Crippen LogP contribution in [0.25, 0.3) is 0 Å². The Hall–Kier alpha value is -1.38. The molecule has 3 rings (SSSR count). The highest BCUT2D eigenvalue weighted by atomic mass is 16.5. The van der Waals surface area contributed by atoms with Gasteiger partial charge in [0.25, 0.3) is 0 Å². The topological polar surface area (TPSA) is 38.9 Å². The third-order valence-corrected chi connectivity index (χ3v) is 3.28. The molecular weight excluding hydrogens is 188 g/mol. The van der Waals surface area contributed by atoms with Crippen LogP contribution >= 0.6 is 0 Å². The molecule has 1 aromatic heterocycles. The highest BCUT2D eigenvalue weighted by molar-refractivity contribution is 5.36. The van der Waals surface area contributed by atoms with Crippen molar-refractivity contribution in [3.63, 3.8) is 0 Å². The maximum Gasteiger partial charge on any atom is 0.230 e. The highest BCUT2D eigenvalue weighted by Gasteiger charge is 2.26. The van der Waals surface area contributed by atoms with Gasteiger partial charge in [0.2, 0.25) is 5.89 Å². The number of rotatable bonds is 1. The number of allylic oxidation sites excluding steroid dienone is 4. The zero-order chi connectivity index (χ0) is 10.3. The molecule has 0 aliphatic heterocycles. The third-order valence-electron chi connectivity index (χ3n) is 3.28. The minimum Gasteiger partial charge on any atom is -0.339 e. The summed E-state index contributed by atoms with van der Waals surface area (Å²) >= 11 is 0. The van der Waals surface area contributed by atoms with Crippen LogP contribution in [0.5, 0.6) is 0 Å². The van der Waals surface area contributed by atoms with E-state index in [2.05, 4.69) is 22.3 Å². The fraction of sp³-hybridized carbons (Fsp3) is 0.500. The second kappa shape index (κ2) is 3.33. The maximum atomic E-state index is 5.25. The number of hydrogen-bond donors (Lipinski definition) is 0. The summed E-state index contributed by atoms with van der Waals surface area (Å²) in [7, 11) is 0. The zero-order valence-electron chi connectivity index (χ0n) is 8.86. The molecule has 0 saturated carbocycles. The molecular formula is C12H14N2O. The zero-order valence-corrected chi connectivity index (χ0v) is 8.86. The molecule has 1 atom stereocenters. The quantitative estimate of drug-likeness (QED) is 0.702. The standard InChI is InChI=1S/C12H14N2O/c1-8-13-12(15-14-8)11-6-5-9-3-2-4-10(9)7-11/h2-3,11H,4-7H2,1H3. The first-order chi connectivity index (χ1) is 7.33. The lowest BCUT2D eigenvalue weighted by atomic mass is 9.85. The highest BCUT2D eigenvalue weighted by Crippen LogP contribution is 2.39. The molecule has 3 nitrogen and oxygen atoms in total. The largest absolute Gasteiger partial charge is 0.339 e. The Morgan fingerprint density at radius 1 is 1.47 bits per heavy atom. The summed E-state index contributed by atoms with van der Waals surface area (Å²) in [5.41, 5.74) is 3.12. The van der Waals surface area contributed by atoms with E-state index in [-0.39, 0.29) is 0 Å². The molecule has 0 aromatic carbocycles. The lowest BCUT2D eigenvalue weighted by molar-refractivity contribution is 0.338. The lowest BCUT2D eigenvalue weighted by Gasteiger charge is -2.20. The lowest BCUT2D eigenvalue weighted by Crippen LogP contribution is -2.07. The Bertz CT molecular complexity index is 442. The third kappa shape index (κ3) is 1.52. The summed E-state index contributed by atoms with van der Waals surface area (Å²) < 4.78 is 5.25. The van der Waals surface area contributed by atoms with Crippen molar-refractivity contribution in [3.05, 3.63) is 35.0 Å². The smallest absolute Gasteiger partial charge is 0.230 e. The molecule has 3 heteroatoms. The van der Waals surface area contributed by atoms with E-state index in [0.717, 1.165) is 37.4 Å². The van der Waals surface area contributed by atoms with Gasteiger partial charge in [-0.1, -0.05) is 22.9 Å². The molecule has 0 bridgehead atoms. The van der Waals surface area contributed by atoms with Crippen LogP contribution in [0.3, 0.4) is 0 Å². The Morgan fingerprint density at radius 3 is 3.20 bits per heavy atom. The maximum absolute atomic E-state index is 5.25. The fourth-order valence-corrected chi connectivity index (χ4v) is 2.49. The van der Waals surface area contributed by atoms with Crippen LogP contribution in [-0.4, -0.2) is 10.1 Å². The Morgan fingerprint density at radius 2 is 2.40 bits per heavy atom. The van der Waals surface area contributed by atoms with Crippen LogP contribution in [-0.2, 0) is 0 Å². The van der Waals surface area contributed by atoms with Gasteiger partial charge in [0.05, 0.1) is 0 Å². The molecule has 0 radical (unpaired) electrons. The van der Waals surface area contributed by atoms with Crippen molar-refractivity contribution in [2.75, 3.05) is 0 Å². The van der Waals surface area contributed by atoms with Crippen LogP contribution in [0.4, 0.5) is 0 Å². The van der Waals surface area contributed by atoms with E-state index < -0.39 is 0 Å². The summed E-state index contributed by atoms with van der Waals surface area (Å²) in [5.74, 6) is 2.02. The first-order valence-corrected chi connectivity index (χ1v) is 5.50. The second-order valence-corrected chi connectivity index (χ2v) is 4.35. The SMILES string of the molecule is Cc1noc(C2CCC3=C(CC=C3)C2)n1. The molecule has 0 spiro atoms. The molecule has 0 fully saturated rings. The van der Waals surface area contributed by atoms with Crippen molar-refractivity contribution in [1.82, 2.24) is 10.1 Å². The van der Waals surface area contributed by atoms with Gasteiger partial charge < -0.3 is 4.52 Å². The Balaban J connectivity index is 1.81. The minimum absolute atomic E-state index is 0.449. The van der Waals surface area contributed by atoms with Crippen molar-refractivity contribution in [2.45, 2.75) is 38.5 Å². The van der Waals surface area contributed by atoms with Gasteiger partial charge in [-0.25, -0.2) is 0 Å². The van der Waals surface area contributed by atoms with Crippen molar-refractivity contribution in [1.29, 1.82) is 0 Å². The molecule has 1 unspecified atom stereocenters. The number of aromatic nitrogens is 2. The average molecular weight is 202 g/mol. The first-order valence-electron chi connectivity index (χ1n) is 5.50. The molecule has 0 saturated heterocycles. The minimum atomic E-state index is 0.449. The van der Waals surface area contributed by atoms with E-state index in [9.17, 15) is 0 Å². The molecule has 0 amide bonds. The van der Waals surface area contributed by atoms with E-state index in [1.54, 1.807) is 11.1 Å². The van der Waals surface area contributed by atoms with Gasteiger partial charge in [0.15, 0.2) is 5.82 Å². The van der Waals surface area contributed by atoms with Gasteiger partial charge in [-0.2, -0.15) is 4.98 Å². The van der Waals surface area contributed by atoms with E-state index in [1.165, 1.54) is 0 Å². The van der Waals surface area contributed by atoms with E-state index >= 15 is 0 Å². The van der Waals surface area contributed by atoms with Gasteiger partial charge in [-0.15, -0.1) is 0 Å². The Kier molecular flexibility index (Phi) is 1.97. The molecule has 1 aromatic rings. The van der Waals surface area contributed by atoms with Crippen LogP contribution in [0, 0.1) is 6.92 Å². The molecule has 78 valence electrons. The van der Waals surface area contributed by atoms with Crippen molar-refractivity contribution in [2.24, 2.45) is 0 Å². The summed E-state index contributed by atoms with van der Waals surface area (Å²) in [6, 6.07) is 0. The normalized spacial score (nSPS) is 24.7. The van der Waals surface area contributed by atoms with E-state index in [0.29, 0.717) is 5.92 Å². The van der Waals surface area contributed by atoms with Crippen molar-refractivity contribution in [3.8, 4) is 0 Å². The summed E-state index contributed by atoms with van der Waals surface area (Å²) in [4.78, 5) is 4.33. The van der Waals surface area contributed by atoms with Crippen molar-refractivity contribution < 1.29 is 4.52 Å². The summed E-state index contributed by atoms with van der Waals surface area (Å²) in [6.45, 7) is 1.87. The summed E-state index contributed by atoms with van der Waals surface area (Å²) in [6.07, 6.45) is 9.06. The predicted octanol–water partition coefficient (Wildman–Crippen LogP) is 2.90. The number of aryl methyl sites for hydroxylation is 1. The Labute approximate surface area is 88.9 Å². The van der Waals surface area contributed by atoms with E-state index in [1.807, 2.05) is 6.92 Å². The van der Waals surface area contributed by atoms with Crippen LogP contribution in [0.2, 0.25) is 0 Å². The van der Waals surface area contributed by atoms with Gasteiger partial charge in [0, 0.05) is 5.92 Å². The van der Waals surface area contributed by atoms with Gasteiger partial charge >= 0.3 is 0 Å². The molecule has 1 heterocycles. The monoisotopic (exact) mass is 202 g/mol.